The largest absolute Gasteiger partial charge is 0.497 e. The normalized spacial score (nSPS) is 13.6. The van der Waals surface area contributed by atoms with Gasteiger partial charge < -0.3 is 10.1 Å². The average molecular weight is 376 g/mol. The zero-order chi connectivity index (χ0) is 17.8. The van der Waals surface area contributed by atoms with Crippen LogP contribution in [-0.4, -0.2) is 39.3 Å². The Morgan fingerprint density at radius 3 is 2.72 bits per heavy atom. The first kappa shape index (κ1) is 17.8. The number of ether oxygens (including phenoxy) is 1. The van der Waals surface area contributed by atoms with Crippen LogP contribution in [0.2, 0.25) is 0 Å². The first-order valence-electron chi connectivity index (χ1n) is 8.01. The van der Waals surface area contributed by atoms with Gasteiger partial charge in [0.1, 0.15) is 22.7 Å². The van der Waals surface area contributed by atoms with Crippen molar-refractivity contribution < 1.29 is 8.95 Å². The summed E-state index contributed by atoms with van der Waals surface area (Å²) in [6, 6.07) is 8.18. The van der Waals surface area contributed by atoms with Gasteiger partial charge in [-0.15, -0.1) is 11.3 Å². The minimum atomic E-state index is -0.783. The summed E-state index contributed by atoms with van der Waals surface area (Å²) in [6.45, 7) is 2.08. The van der Waals surface area contributed by atoms with Gasteiger partial charge in [-0.3, -0.25) is 4.21 Å². The number of hydrogen-bond donors (Lipinski definition) is 1. The average Bonchev–Trinajstić information content (AvgIpc) is 3.05. The molecule has 0 saturated heterocycles. The molecule has 0 aliphatic heterocycles. The van der Waals surface area contributed by atoms with Crippen molar-refractivity contribution in [1.82, 2.24) is 9.97 Å². The van der Waals surface area contributed by atoms with Gasteiger partial charge in [0.25, 0.3) is 0 Å². The number of hydrogen-bond acceptors (Lipinski definition) is 6. The smallest absolute Gasteiger partial charge is 0.139 e. The summed E-state index contributed by atoms with van der Waals surface area (Å²) in [5.41, 5.74) is 2.21. The van der Waals surface area contributed by atoms with Gasteiger partial charge in [-0.05, 0) is 31.0 Å². The molecule has 0 saturated carbocycles. The second-order valence-electron chi connectivity index (χ2n) is 5.89. The van der Waals surface area contributed by atoms with E-state index in [4.69, 9.17) is 4.74 Å². The van der Waals surface area contributed by atoms with E-state index in [9.17, 15) is 4.21 Å². The number of rotatable bonds is 7. The van der Waals surface area contributed by atoms with Crippen LogP contribution in [0.5, 0.6) is 5.75 Å². The summed E-state index contributed by atoms with van der Waals surface area (Å²) >= 11 is 1.61. The lowest BCUT2D eigenvalue weighted by Gasteiger charge is -2.15. The summed E-state index contributed by atoms with van der Waals surface area (Å²) in [4.78, 5) is 9.80. The summed E-state index contributed by atoms with van der Waals surface area (Å²) < 4.78 is 16.5. The number of anilines is 1. The predicted molar refractivity (Wildman–Crippen MR) is 106 cm³/mol. The molecule has 0 unspecified atom stereocenters. The summed E-state index contributed by atoms with van der Waals surface area (Å²) in [7, 11) is 0.879. The maximum atomic E-state index is 11.3. The van der Waals surface area contributed by atoms with E-state index >= 15 is 0 Å². The molecule has 0 bridgehead atoms. The van der Waals surface area contributed by atoms with Crippen LogP contribution < -0.4 is 10.1 Å². The zero-order valence-electron chi connectivity index (χ0n) is 14.5. The molecule has 3 aromatic rings. The van der Waals surface area contributed by atoms with Crippen LogP contribution in [0.3, 0.4) is 0 Å². The molecule has 0 radical (unpaired) electrons. The highest BCUT2D eigenvalue weighted by Crippen LogP contribution is 2.37. The number of thiophene rings is 1. The second kappa shape index (κ2) is 7.93. The van der Waals surface area contributed by atoms with E-state index in [0.29, 0.717) is 5.75 Å². The van der Waals surface area contributed by atoms with Gasteiger partial charge in [-0.1, -0.05) is 12.1 Å². The van der Waals surface area contributed by atoms with Gasteiger partial charge >= 0.3 is 0 Å². The molecule has 2 aromatic heterocycles. The monoisotopic (exact) mass is 375 g/mol. The molecule has 7 heteroatoms. The Morgan fingerprint density at radius 2 is 2.04 bits per heavy atom. The lowest BCUT2D eigenvalue weighted by atomic mass is 10.1. The third-order valence-electron chi connectivity index (χ3n) is 3.99. The molecule has 5 nitrogen and oxygen atoms in total. The van der Waals surface area contributed by atoms with E-state index in [1.54, 1.807) is 31.0 Å². The quantitative estimate of drug-likeness (QED) is 0.678. The van der Waals surface area contributed by atoms with Crippen molar-refractivity contribution >= 4 is 38.2 Å². The van der Waals surface area contributed by atoms with Gasteiger partial charge in [0, 0.05) is 39.8 Å². The number of methoxy groups -OCH3 is 1. The maximum Gasteiger partial charge on any atom is 0.139 e. The molecule has 25 heavy (non-hydrogen) atoms. The second-order valence-corrected chi connectivity index (χ2v) is 8.30. The van der Waals surface area contributed by atoms with Gasteiger partial charge in [0.05, 0.1) is 12.5 Å². The number of aromatic nitrogens is 2. The fourth-order valence-electron chi connectivity index (χ4n) is 2.62. The van der Waals surface area contributed by atoms with Crippen LogP contribution in [0, 0.1) is 0 Å². The molecule has 0 fully saturated rings. The van der Waals surface area contributed by atoms with Crippen molar-refractivity contribution in [2.75, 3.05) is 24.4 Å². The Hall–Kier alpha value is -1.99. The molecule has 2 heterocycles. The van der Waals surface area contributed by atoms with Crippen LogP contribution in [0.1, 0.15) is 13.3 Å². The fourth-order valence-corrected chi connectivity index (χ4v) is 4.22. The van der Waals surface area contributed by atoms with Crippen LogP contribution in [0.4, 0.5) is 5.82 Å². The molecule has 1 aromatic carbocycles. The van der Waals surface area contributed by atoms with E-state index in [2.05, 4.69) is 27.6 Å². The molecule has 0 aliphatic rings. The zero-order valence-corrected chi connectivity index (χ0v) is 16.1. The molecule has 0 amide bonds. The lowest BCUT2D eigenvalue weighted by Crippen LogP contribution is -2.18. The Kier molecular flexibility index (Phi) is 5.65. The highest BCUT2D eigenvalue weighted by Gasteiger charge is 2.15. The topological polar surface area (TPSA) is 64.1 Å². The van der Waals surface area contributed by atoms with E-state index in [1.165, 1.54) is 0 Å². The minimum absolute atomic E-state index is 0.186. The molecular weight excluding hydrogens is 354 g/mol. The standard InChI is InChI=1S/C18H21N3O2S2/c1-12(8-9-25(3)22)21-17-16-15(10-24-18(16)20-11-19-17)13-4-6-14(23-2)7-5-13/h4-7,10-12H,8-9H2,1-3H3,(H,19,20,21)/t12-,25-/m0/s1. The summed E-state index contributed by atoms with van der Waals surface area (Å²) in [6.07, 6.45) is 4.15. The number of benzene rings is 1. The Morgan fingerprint density at radius 1 is 1.28 bits per heavy atom. The first-order valence-corrected chi connectivity index (χ1v) is 10.6. The third-order valence-corrected chi connectivity index (χ3v) is 5.69. The summed E-state index contributed by atoms with van der Waals surface area (Å²) in [5.74, 6) is 2.34. The third kappa shape index (κ3) is 4.16. The molecule has 3 rings (SSSR count). The van der Waals surface area contributed by atoms with E-state index in [1.807, 2.05) is 24.3 Å². The van der Waals surface area contributed by atoms with Crippen LogP contribution in [0.25, 0.3) is 21.3 Å². The van der Waals surface area contributed by atoms with Crippen molar-refractivity contribution in [2.24, 2.45) is 0 Å². The summed E-state index contributed by atoms with van der Waals surface area (Å²) in [5, 5.41) is 6.59. The number of fused-ring (bicyclic) bond motifs is 1. The number of nitrogens with zero attached hydrogens (tertiary/aromatic N) is 2. The van der Waals surface area contributed by atoms with Crippen molar-refractivity contribution in [1.29, 1.82) is 0 Å². The lowest BCUT2D eigenvalue weighted by molar-refractivity contribution is 0.415. The van der Waals surface area contributed by atoms with E-state index < -0.39 is 10.8 Å². The van der Waals surface area contributed by atoms with Crippen molar-refractivity contribution in [3.05, 3.63) is 36.0 Å². The van der Waals surface area contributed by atoms with E-state index in [0.717, 1.165) is 39.3 Å². The maximum absolute atomic E-state index is 11.3. The van der Waals surface area contributed by atoms with Crippen LogP contribution in [-0.2, 0) is 10.8 Å². The van der Waals surface area contributed by atoms with Gasteiger partial charge in [0.2, 0.25) is 0 Å². The van der Waals surface area contributed by atoms with Gasteiger partial charge in [0.15, 0.2) is 0 Å². The van der Waals surface area contributed by atoms with Crippen LogP contribution in [0.15, 0.2) is 36.0 Å². The minimum Gasteiger partial charge on any atom is -0.497 e. The highest BCUT2D eigenvalue weighted by atomic mass is 32.2. The molecule has 0 aliphatic carbocycles. The highest BCUT2D eigenvalue weighted by molar-refractivity contribution is 7.84. The molecule has 2 atom stereocenters. The van der Waals surface area contributed by atoms with Crippen LogP contribution >= 0.6 is 11.3 Å². The molecule has 132 valence electrons. The van der Waals surface area contributed by atoms with E-state index in [-0.39, 0.29) is 6.04 Å². The van der Waals surface area contributed by atoms with Gasteiger partial charge in [-0.2, -0.15) is 0 Å². The van der Waals surface area contributed by atoms with Gasteiger partial charge in [-0.25, -0.2) is 9.97 Å². The molecular formula is C18H21N3O2S2. The molecule has 0 spiro atoms. The Balaban J connectivity index is 1.93. The first-order chi connectivity index (χ1) is 12.1. The van der Waals surface area contributed by atoms with Crippen molar-refractivity contribution in [3.63, 3.8) is 0 Å². The number of nitrogens with one attached hydrogen (secondary N) is 1. The Bertz CT molecular complexity index is 878. The molecule has 1 N–H and O–H groups in total. The predicted octanol–water partition coefficient (Wildman–Crippen LogP) is 3.94. The van der Waals surface area contributed by atoms with Crippen molar-refractivity contribution in [2.45, 2.75) is 19.4 Å². The SMILES string of the molecule is COc1ccc(-c2csc3ncnc(N[C@@H](C)CC[S@](C)=O)c23)cc1. The fraction of sp³-hybridized carbons (Fsp3) is 0.333. The van der Waals surface area contributed by atoms with Crippen molar-refractivity contribution in [3.8, 4) is 16.9 Å². The Labute approximate surface area is 153 Å².